The number of nitrogens with two attached hydrogens (primary N) is 1. The van der Waals surface area contributed by atoms with Crippen molar-refractivity contribution in [1.29, 1.82) is 0 Å². The van der Waals surface area contributed by atoms with E-state index in [9.17, 15) is 0 Å². The van der Waals surface area contributed by atoms with Crippen LogP contribution >= 0.6 is 0 Å². The largest absolute Gasteiger partial charge is 0.394 e. The summed E-state index contributed by atoms with van der Waals surface area (Å²) >= 11 is 0. The Morgan fingerprint density at radius 2 is 2.24 bits per heavy atom. The minimum atomic E-state index is 0.0930. The SMILES string of the molecule is Nc1ncccc1N1CCC(OCCO)CC1. The molecule has 5 heteroatoms. The molecule has 0 saturated carbocycles. The molecule has 3 N–H and O–H groups in total. The first-order chi connectivity index (χ1) is 8.31. The number of hydrogen-bond donors (Lipinski definition) is 2. The second-order valence-electron chi connectivity index (χ2n) is 4.19. The van der Waals surface area contributed by atoms with Crippen molar-refractivity contribution in [3.8, 4) is 0 Å². The van der Waals surface area contributed by atoms with Gasteiger partial charge in [0, 0.05) is 19.3 Å². The summed E-state index contributed by atoms with van der Waals surface area (Å²) in [5.74, 6) is 0.585. The first-order valence-electron chi connectivity index (χ1n) is 5.99. The van der Waals surface area contributed by atoms with Crippen LogP contribution in [-0.2, 0) is 4.74 Å². The highest BCUT2D eigenvalue weighted by Crippen LogP contribution is 2.24. The summed E-state index contributed by atoms with van der Waals surface area (Å²) in [6.45, 7) is 2.37. The summed E-state index contributed by atoms with van der Waals surface area (Å²) in [5.41, 5.74) is 6.86. The quantitative estimate of drug-likeness (QED) is 0.804. The van der Waals surface area contributed by atoms with Crippen LogP contribution in [0.2, 0.25) is 0 Å². The molecule has 1 aliphatic rings. The predicted molar refractivity (Wildman–Crippen MR) is 66.9 cm³/mol. The third-order valence-electron chi connectivity index (χ3n) is 3.04. The predicted octanol–water partition coefficient (Wildman–Crippen LogP) is 0.641. The Kier molecular flexibility index (Phi) is 4.17. The van der Waals surface area contributed by atoms with Crippen molar-refractivity contribution in [1.82, 2.24) is 4.98 Å². The summed E-state index contributed by atoms with van der Waals surface area (Å²) in [7, 11) is 0. The van der Waals surface area contributed by atoms with Crippen LogP contribution in [0.15, 0.2) is 18.3 Å². The lowest BCUT2D eigenvalue weighted by atomic mass is 10.1. The second kappa shape index (κ2) is 5.84. The van der Waals surface area contributed by atoms with Crippen LogP contribution in [0.25, 0.3) is 0 Å². The molecular formula is C12H19N3O2. The zero-order chi connectivity index (χ0) is 12.1. The number of anilines is 2. The lowest BCUT2D eigenvalue weighted by molar-refractivity contribution is 0.0159. The number of rotatable bonds is 4. The van der Waals surface area contributed by atoms with E-state index in [1.54, 1.807) is 6.20 Å². The zero-order valence-corrected chi connectivity index (χ0v) is 9.88. The van der Waals surface area contributed by atoms with Crippen LogP contribution < -0.4 is 10.6 Å². The number of piperidine rings is 1. The zero-order valence-electron chi connectivity index (χ0n) is 9.88. The molecule has 0 atom stereocenters. The Balaban J connectivity index is 1.89. The smallest absolute Gasteiger partial charge is 0.146 e. The molecule has 0 aromatic carbocycles. The van der Waals surface area contributed by atoms with E-state index < -0.39 is 0 Å². The second-order valence-corrected chi connectivity index (χ2v) is 4.19. The number of aliphatic hydroxyl groups is 1. The van der Waals surface area contributed by atoms with E-state index in [0.717, 1.165) is 31.6 Å². The van der Waals surface area contributed by atoms with Gasteiger partial charge in [-0.15, -0.1) is 0 Å². The Bertz CT molecular complexity index is 351. The van der Waals surface area contributed by atoms with Crippen molar-refractivity contribution in [2.75, 3.05) is 36.9 Å². The highest BCUT2D eigenvalue weighted by molar-refractivity contribution is 5.63. The molecule has 94 valence electrons. The van der Waals surface area contributed by atoms with Crippen LogP contribution in [0.4, 0.5) is 11.5 Å². The van der Waals surface area contributed by atoms with Gasteiger partial charge in [0.15, 0.2) is 0 Å². The molecule has 5 nitrogen and oxygen atoms in total. The molecule has 0 radical (unpaired) electrons. The Hall–Kier alpha value is -1.33. The Labute approximate surface area is 101 Å². The molecule has 1 saturated heterocycles. The third kappa shape index (κ3) is 3.08. The normalized spacial score (nSPS) is 17.4. The van der Waals surface area contributed by atoms with E-state index in [-0.39, 0.29) is 12.7 Å². The molecule has 1 aliphatic heterocycles. The lowest BCUT2D eigenvalue weighted by Gasteiger charge is -2.33. The maximum absolute atomic E-state index is 8.70. The molecule has 1 aromatic rings. The van der Waals surface area contributed by atoms with Crippen molar-refractivity contribution >= 4 is 11.5 Å². The van der Waals surface area contributed by atoms with E-state index in [1.165, 1.54) is 0 Å². The fraction of sp³-hybridized carbons (Fsp3) is 0.583. The average Bonchev–Trinajstić information content (AvgIpc) is 2.38. The van der Waals surface area contributed by atoms with E-state index in [1.807, 2.05) is 12.1 Å². The van der Waals surface area contributed by atoms with Gasteiger partial charge in [0.2, 0.25) is 0 Å². The number of pyridine rings is 1. The van der Waals surface area contributed by atoms with Gasteiger partial charge in [0.1, 0.15) is 5.82 Å². The number of ether oxygens (including phenoxy) is 1. The molecule has 2 heterocycles. The summed E-state index contributed by atoms with van der Waals surface area (Å²) in [6, 6.07) is 3.90. The third-order valence-corrected chi connectivity index (χ3v) is 3.04. The number of nitrogens with zero attached hydrogens (tertiary/aromatic N) is 2. The molecule has 1 fully saturated rings. The molecule has 0 unspecified atom stereocenters. The maximum atomic E-state index is 8.70. The molecule has 0 spiro atoms. The fourth-order valence-corrected chi connectivity index (χ4v) is 2.16. The monoisotopic (exact) mass is 237 g/mol. The van der Waals surface area contributed by atoms with Crippen molar-refractivity contribution in [3.05, 3.63) is 18.3 Å². The first-order valence-corrected chi connectivity index (χ1v) is 5.99. The summed E-state index contributed by atoms with van der Waals surface area (Å²) in [5, 5.41) is 8.70. The standard InChI is InChI=1S/C12H19N3O2/c13-12-11(2-1-5-14-12)15-6-3-10(4-7-15)17-9-8-16/h1-2,5,10,16H,3-4,6-9H2,(H2,13,14). The minimum Gasteiger partial charge on any atom is -0.394 e. The lowest BCUT2D eigenvalue weighted by Crippen LogP contribution is -2.37. The van der Waals surface area contributed by atoms with Crippen LogP contribution in [0.5, 0.6) is 0 Å². The van der Waals surface area contributed by atoms with Gasteiger partial charge in [-0.3, -0.25) is 0 Å². The van der Waals surface area contributed by atoms with Crippen LogP contribution in [0, 0.1) is 0 Å². The number of aromatic nitrogens is 1. The van der Waals surface area contributed by atoms with Gasteiger partial charge in [-0.25, -0.2) is 4.98 Å². The van der Waals surface area contributed by atoms with Crippen LogP contribution in [-0.4, -0.2) is 42.5 Å². The number of aliphatic hydroxyl groups excluding tert-OH is 1. The van der Waals surface area contributed by atoms with Gasteiger partial charge in [-0.1, -0.05) is 0 Å². The van der Waals surface area contributed by atoms with E-state index >= 15 is 0 Å². The highest BCUT2D eigenvalue weighted by Gasteiger charge is 2.20. The Morgan fingerprint density at radius 1 is 1.47 bits per heavy atom. The highest BCUT2D eigenvalue weighted by atomic mass is 16.5. The van der Waals surface area contributed by atoms with E-state index in [0.29, 0.717) is 12.4 Å². The summed E-state index contributed by atoms with van der Waals surface area (Å²) in [6.07, 6.45) is 3.90. The van der Waals surface area contributed by atoms with Crippen molar-refractivity contribution in [3.63, 3.8) is 0 Å². The summed E-state index contributed by atoms with van der Waals surface area (Å²) in [4.78, 5) is 6.33. The van der Waals surface area contributed by atoms with Crippen molar-refractivity contribution in [2.45, 2.75) is 18.9 Å². The Morgan fingerprint density at radius 3 is 2.88 bits per heavy atom. The molecular weight excluding hydrogens is 218 g/mol. The van der Waals surface area contributed by atoms with Gasteiger partial charge in [-0.2, -0.15) is 0 Å². The first kappa shape index (κ1) is 12.1. The fourth-order valence-electron chi connectivity index (χ4n) is 2.16. The number of hydrogen-bond acceptors (Lipinski definition) is 5. The van der Waals surface area contributed by atoms with E-state index in [2.05, 4.69) is 9.88 Å². The van der Waals surface area contributed by atoms with Crippen molar-refractivity contribution < 1.29 is 9.84 Å². The molecule has 0 amide bonds. The number of nitrogen functional groups attached to an aromatic ring is 1. The maximum Gasteiger partial charge on any atom is 0.146 e. The van der Waals surface area contributed by atoms with Gasteiger partial charge in [-0.05, 0) is 25.0 Å². The van der Waals surface area contributed by atoms with Crippen molar-refractivity contribution in [2.24, 2.45) is 0 Å². The summed E-state index contributed by atoms with van der Waals surface area (Å²) < 4.78 is 5.52. The van der Waals surface area contributed by atoms with Crippen LogP contribution in [0.1, 0.15) is 12.8 Å². The van der Waals surface area contributed by atoms with Crippen LogP contribution in [0.3, 0.4) is 0 Å². The molecule has 2 rings (SSSR count). The van der Waals surface area contributed by atoms with Gasteiger partial charge in [0.25, 0.3) is 0 Å². The molecule has 17 heavy (non-hydrogen) atoms. The topological polar surface area (TPSA) is 71.6 Å². The minimum absolute atomic E-state index is 0.0930. The molecule has 1 aromatic heterocycles. The molecule has 0 bridgehead atoms. The van der Waals surface area contributed by atoms with Gasteiger partial charge < -0.3 is 20.5 Å². The molecule has 0 aliphatic carbocycles. The van der Waals surface area contributed by atoms with E-state index in [4.69, 9.17) is 15.6 Å². The van der Waals surface area contributed by atoms with Gasteiger partial charge >= 0.3 is 0 Å². The van der Waals surface area contributed by atoms with Gasteiger partial charge in [0.05, 0.1) is 25.0 Å². The average molecular weight is 237 g/mol.